The van der Waals surface area contributed by atoms with Crippen LogP contribution >= 0.6 is 11.3 Å². The molecule has 5 nitrogen and oxygen atoms in total. The molecule has 0 amide bonds. The van der Waals surface area contributed by atoms with Crippen LogP contribution in [0.15, 0.2) is 11.0 Å². The van der Waals surface area contributed by atoms with Crippen LogP contribution in [-0.4, -0.2) is 63.1 Å². The van der Waals surface area contributed by atoms with Gasteiger partial charge in [0, 0.05) is 35.4 Å². The zero-order chi connectivity index (χ0) is 17.2. The lowest BCUT2D eigenvalue weighted by Crippen LogP contribution is -2.46. The number of piperidine rings is 1. The van der Waals surface area contributed by atoms with Crippen LogP contribution in [0.4, 0.5) is 0 Å². The lowest BCUT2D eigenvalue weighted by molar-refractivity contribution is 0.0340. The Morgan fingerprint density at radius 2 is 1.96 bits per heavy atom. The normalized spacial score (nSPS) is 24.3. The minimum absolute atomic E-state index is 0.131. The van der Waals surface area contributed by atoms with E-state index in [1.54, 1.807) is 15.6 Å². The van der Waals surface area contributed by atoms with Gasteiger partial charge in [-0.05, 0) is 45.7 Å². The third-order valence-corrected chi connectivity index (χ3v) is 8.21. The van der Waals surface area contributed by atoms with Gasteiger partial charge in [0.15, 0.2) is 0 Å². The van der Waals surface area contributed by atoms with Crippen LogP contribution in [-0.2, 0) is 14.8 Å². The summed E-state index contributed by atoms with van der Waals surface area (Å²) in [6, 6.07) is 1.97. The predicted molar refractivity (Wildman–Crippen MR) is 97.2 cm³/mol. The van der Waals surface area contributed by atoms with E-state index >= 15 is 0 Å². The zero-order valence-electron chi connectivity index (χ0n) is 14.7. The average Bonchev–Trinajstić information content (AvgIpc) is 2.93. The number of morpholine rings is 1. The molecular formula is C17H28N2O3S2. The molecule has 24 heavy (non-hydrogen) atoms. The van der Waals surface area contributed by atoms with Gasteiger partial charge >= 0.3 is 0 Å². The Morgan fingerprint density at radius 1 is 1.21 bits per heavy atom. The number of hydrogen-bond donors (Lipinski definition) is 0. The molecule has 2 fully saturated rings. The Bertz CT molecular complexity index is 651. The summed E-state index contributed by atoms with van der Waals surface area (Å²) < 4.78 is 33.5. The molecule has 1 atom stereocenters. The molecule has 0 spiro atoms. The number of rotatable bonds is 5. The van der Waals surface area contributed by atoms with Crippen LogP contribution in [0.5, 0.6) is 0 Å². The van der Waals surface area contributed by atoms with Crippen molar-refractivity contribution in [3.8, 4) is 0 Å². The van der Waals surface area contributed by atoms with E-state index in [2.05, 4.69) is 4.90 Å². The Labute approximate surface area is 149 Å². The first kappa shape index (κ1) is 18.3. The van der Waals surface area contributed by atoms with Crippen LogP contribution in [0.2, 0.25) is 0 Å². The van der Waals surface area contributed by atoms with Crippen molar-refractivity contribution in [1.82, 2.24) is 9.21 Å². The van der Waals surface area contributed by atoms with Gasteiger partial charge < -0.3 is 4.74 Å². The minimum Gasteiger partial charge on any atom is -0.379 e. The van der Waals surface area contributed by atoms with Gasteiger partial charge in [0.2, 0.25) is 10.0 Å². The molecule has 0 unspecified atom stereocenters. The summed E-state index contributed by atoms with van der Waals surface area (Å²) in [5.74, 6) is 0. The molecule has 136 valence electrons. The van der Waals surface area contributed by atoms with Crippen molar-refractivity contribution in [2.75, 3.05) is 39.4 Å². The van der Waals surface area contributed by atoms with E-state index in [-0.39, 0.29) is 6.04 Å². The summed E-state index contributed by atoms with van der Waals surface area (Å²) in [7, 11) is -3.37. The van der Waals surface area contributed by atoms with E-state index in [1.807, 2.05) is 19.9 Å². The number of thiophene rings is 1. The zero-order valence-corrected chi connectivity index (χ0v) is 16.3. The SMILES string of the molecule is Cc1cc(S(=O)(=O)N2CCCC[C@H]2CCN2CCOCC2)c(C)s1. The Morgan fingerprint density at radius 3 is 2.62 bits per heavy atom. The highest BCUT2D eigenvalue weighted by molar-refractivity contribution is 7.89. The van der Waals surface area contributed by atoms with Crippen molar-refractivity contribution in [2.45, 2.75) is 50.5 Å². The van der Waals surface area contributed by atoms with Crippen LogP contribution in [0, 0.1) is 13.8 Å². The molecule has 1 aromatic rings. The predicted octanol–water partition coefficient (Wildman–Crippen LogP) is 2.63. The smallest absolute Gasteiger partial charge is 0.244 e. The fraction of sp³-hybridized carbons (Fsp3) is 0.765. The third-order valence-electron chi connectivity index (χ3n) is 5.04. The quantitative estimate of drug-likeness (QED) is 0.797. The highest BCUT2D eigenvalue weighted by Gasteiger charge is 2.35. The minimum atomic E-state index is -3.37. The summed E-state index contributed by atoms with van der Waals surface area (Å²) in [5, 5.41) is 0. The lowest BCUT2D eigenvalue weighted by atomic mass is 10.0. The van der Waals surface area contributed by atoms with E-state index in [0.717, 1.165) is 68.3 Å². The monoisotopic (exact) mass is 372 g/mol. The van der Waals surface area contributed by atoms with Crippen molar-refractivity contribution < 1.29 is 13.2 Å². The highest BCUT2D eigenvalue weighted by atomic mass is 32.2. The Kier molecular flexibility index (Phi) is 5.98. The third kappa shape index (κ3) is 4.02. The van der Waals surface area contributed by atoms with Crippen molar-refractivity contribution in [1.29, 1.82) is 0 Å². The van der Waals surface area contributed by atoms with Gasteiger partial charge in [0.05, 0.1) is 18.1 Å². The van der Waals surface area contributed by atoms with Gasteiger partial charge in [-0.15, -0.1) is 11.3 Å². The molecule has 0 aromatic carbocycles. The molecular weight excluding hydrogens is 344 g/mol. The molecule has 2 aliphatic rings. The van der Waals surface area contributed by atoms with Crippen molar-refractivity contribution in [3.63, 3.8) is 0 Å². The molecule has 3 rings (SSSR count). The van der Waals surface area contributed by atoms with Gasteiger partial charge in [0.25, 0.3) is 0 Å². The summed E-state index contributed by atoms with van der Waals surface area (Å²) in [4.78, 5) is 4.88. The van der Waals surface area contributed by atoms with E-state index in [1.165, 1.54) is 0 Å². The fourth-order valence-electron chi connectivity index (χ4n) is 3.73. The molecule has 0 aliphatic carbocycles. The number of aryl methyl sites for hydroxylation is 2. The second kappa shape index (κ2) is 7.83. The van der Waals surface area contributed by atoms with Crippen molar-refractivity contribution >= 4 is 21.4 Å². The molecule has 2 aliphatic heterocycles. The molecule has 0 radical (unpaired) electrons. The maximum atomic E-state index is 13.2. The lowest BCUT2D eigenvalue weighted by Gasteiger charge is -2.36. The van der Waals surface area contributed by atoms with Crippen LogP contribution in [0.1, 0.15) is 35.4 Å². The van der Waals surface area contributed by atoms with Gasteiger partial charge in [-0.2, -0.15) is 4.31 Å². The molecule has 3 heterocycles. The Balaban J connectivity index is 1.72. The molecule has 7 heteroatoms. The standard InChI is InChI=1S/C17H28N2O3S2/c1-14-13-17(15(2)23-14)24(20,21)19-7-4-3-5-16(19)6-8-18-9-11-22-12-10-18/h13,16H,3-12H2,1-2H3/t16-/m0/s1. The molecule has 0 bridgehead atoms. The molecule has 1 aromatic heterocycles. The largest absolute Gasteiger partial charge is 0.379 e. The fourth-order valence-corrected chi connectivity index (χ4v) is 6.97. The van der Waals surface area contributed by atoms with Gasteiger partial charge in [-0.1, -0.05) is 6.42 Å². The van der Waals surface area contributed by atoms with Crippen molar-refractivity contribution in [2.24, 2.45) is 0 Å². The van der Waals surface area contributed by atoms with Crippen LogP contribution in [0.3, 0.4) is 0 Å². The topological polar surface area (TPSA) is 49.9 Å². The summed E-state index contributed by atoms with van der Waals surface area (Å²) in [6.07, 6.45) is 3.99. The average molecular weight is 373 g/mol. The Hall–Kier alpha value is -0.470. The summed E-state index contributed by atoms with van der Waals surface area (Å²) in [5.41, 5.74) is 0. The number of nitrogens with zero attached hydrogens (tertiary/aromatic N) is 2. The van der Waals surface area contributed by atoms with Crippen LogP contribution in [0.25, 0.3) is 0 Å². The van der Waals surface area contributed by atoms with E-state index in [9.17, 15) is 8.42 Å². The van der Waals surface area contributed by atoms with Gasteiger partial charge in [-0.3, -0.25) is 4.90 Å². The van der Waals surface area contributed by atoms with Crippen molar-refractivity contribution in [3.05, 3.63) is 15.8 Å². The highest BCUT2D eigenvalue weighted by Crippen LogP contribution is 2.32. The first-order valence-electron chi connectivity index (χ1n) is 8.87. The second-order valence-corrected chi connectivity index (χ2v) is 10.1. The molecule has 0 N–H and O–H groups in total. The molecule has 0 saturated carbocycles. The number of hydrogen-bond acceptors (Lipinski definition) is 5. The summed E-state index contributed by atoms with van der Waals surface area (Å²) in [6.45, 7) is 9.01. The van der Waals surface area contributed by atoms with Crippen LogP contribution < -0.4 is 0 Å². The van der Waals surface area contributed by atoms with E-state index in [4.69, 9.17) is 4.74 Å². The van der Waals surface area contributed by atoms with Gasteiger partial charge in [-0.25, -0.2) is 8.42 Å². The van der Waals surface area contributed by atoms with E-state index < -0.39 is 10.0 Å². The maximum Gasteiger partial charge on any atom is 0.244 e. The number of sulfonamides is 1. The molecule has 2 saturated heterocycles. The summed E-state index contributed by atoms with van der Waals surface area (Å²) >= 11 is 1.57. The number of ether oxygens (including phenoxy) is 1. The van der Waals surface area contributed by atoms with Gasteiger partial charge in [0.1, 0.15) is 0 Å². The second-order valence-electron chi connectivity index (χ2n) is 6.79. The first-order chi connectivity index (χ1) is 11.5. The van der Waals surface area contributed by atoms with E-state index in [0.29, 0.717) is 11.4 Å². The first-order valence-corrected chi connectivity index (χ1v) is 11.1. The maximum absolute atomic E-state index is 13.2.